The van der Waals surface area contributed by atoms with E-state index in [4.69, 9.17) is 9.47 Å². The summed E-state index contributed by atoms with van der Waals surface area (Å²) in [4.78, 5) is 15.8. The van der Waals surface area contributed by atoms with Crippen LogP contribution in [0.25, 0.3) is 0 Å². The second-order valence-electron chi connectivity index (χ2n) is 9.68. The van der Waals surface area contributed by atoms with Crippen molar-refractivity contribution < 1.29 is 18.7 Å². The molecule has 0 radical (unpaired) electrons. The fourth-order valence-electron chi connectivity index (χ4n) is 6.57. The number of ether oxygens (including phenoxy) is 2. The normalized spacial score (nSPS) is 35.9. The van der Waals surface area contributed by atoms with Crippen LogP contribution in [0.1, 0.15) is 49.7 Å². The zero-order valence-electron chi connectivity index (χ0n) is 17.9. The molecule has 2 aliphatic heterocycles. The lowest BCUT2D eigenvalue weighted by Crippen LogP contribution is -2.51. The van der Waals surface area contributed by atoms with E-state index in [2.05, 4.69) is 5.32 Å². The minimum atomic E-state index is -0.240. The van der Waals surface area contributed by atoms with Gasteiger partial charge in [-0.1, -0.05) is 12.5 Å². The van der Waals surface area contributed by atoms with Crippen LogP contribution in [0.5, 0.6) is 0 Å². The molecule has 2 unspecified atom stereocenters. The van der Waals surface area contributed by atoms with Crippen LogP contribution < -0.4 is 5.32 Å². The van der Waals surface area contributed by atoms with E-state index in [0.717, 1.165) is 63.7 Å². The van der Waals surface area contributed by atoms with Crippen molar-refractivity contribution in [3.8, 4) is 0 Å². The van der Waals surface area contributed by atoms with Gasteiger partial charge in [0.2, 0.25) is 5.91 Å². The van der Waals surface area contributed by atoms with Crippen LogP contribution in [-0.2, 0) is 27.2 Å². The highest BCUT2D eigenvalue weighted by molar-refractivity contribution is 5.84. The smallest absolute Gasteiger partial charge is 0.229 e. The molecule has 2 heterocycles. The molecule has 1 N–H and O–H groups in total. The van der Waals surface area contributed by atoms with E-state index in [0.29, 0.717) is 37.1 Å². The van der Waals surface area contributed by atoms with E-state index in [1.54, 1.807) is 13.2 Å². The molecule has 1 amide bonds. The third kappa shape index (κ3) is 3.57. The summed E-state index contributed by atoms with van der Waals surface area (Å²) < 4.78 is 24.9. The largest absolute Gasteiger partial charge is 0.379 e. The summed E-state index contributed by atoms with van der Waals surface area (Å²) in [6.45, 7) is 2.69. The Morgan fingerprint density at radius 2 is 2.23 bits per heavy atom. The predicted octanol–water partition coefficient (Wildman–Crippen LogP) is 3.05. The Morgan fingerprint density at radius 1 is 1.33 bits per heavy atom. The number of hydrogen-bond donors (Lipinski definition) is 1. The molecule has 0 bridgehead atoms. The van der Waals surface area contributed by atoms with E-state index in [1.165, 1.54) is 11.6 Å². The molecule has 0 spiro atoms. The maximum absolute atomic E-state index is 13.8. The van der Waals surface area contributed by atoms with Gasteiger partial charge in [-0.05, 0) is 67.7 Å². The minimum absolute atomic E-state index is 0.0827. The Morgan fingerprint density at radius 3 is 3.10 bits per heavy atom. The molecule has 5 rings (SSSR count). The number of methoxy groups -OCH3 is 1. The molecule has 164 valence electrons. The lowest BCUT2D eigenvalue weighted by atomic mass is 9.78. The van der Waals surface area contributed by atoms with Crippen LogP contribution in [-0.4, -0.2) is 55.9 Å². The lowest BCUT2D eigenvalue weighted by Gasteiger charge is -2.38. The van der Waals surface area contributed by atoms with Crippen molar-refractivity contribution >= 4 is 5.91 Å². The zero-order valence-corrected chi connectivity index (χ0v) is 17.9. The first-order valence-corrected chi connectivity index (χ1v) is 11.5. The van der Waals surface area contributed by atoms with Gasteiger partial charge in [-0.15, -0.1) is 0 Å². The second-order valence-corrected chi connectivity index (χ2v) is 9.68. The number of nitrogens with zero attached hydrogens (tertiary/aromatic N) is 1. The number of amides is 1. The van der Waals surface area contributed by atoms with Crippen molar-refractivity contribution in [1.82, 2.24) is 10.2 Å². The second kappa shape index (κ2) is 8.21. The maximum Gasteiger partial charge on any atom is 0.229 e. The number of benzene rings is 1. The standard InChI is InChI=1S/C24H33FN2O3/c1-29-22-15-30-10-7-21(22)26-20-12-18-3-2-8-24(18,13-20)23(28)27-9-6-16-4-5-19(25)11-17(16)14-27/h4-5,11,18,20-22,26H,2-3,6-10,12-15H2,1H3/t18-,20-,21?,22?,24-/m1/s1. The van der Waals surface area contributed by atoms with E-state index >= 15 is 0 Å². The van der Waals surface area contributed by atoms with Gasteiger partial charge in [-0.3, -0.25) is 4.79 Å². The molecule has 3 fully saturated rings. The number of fused-ring (bicyclic) bond motifs is 2. The van der Waals surface area contributed by atoms with Gasteiger partial charge in [0, 0.05) is 38.9 Å². The number of carbonyl (C=O) groups is 1. The summed E-state index contributed by atoms with van der Waals surface area (Å²) in [5.74, 6) is 0.547. The number of carbonyl (C=O) groups excluding carboxylic acids is 1. The first-order chi connectivity index (χ1) is 14.6. The Kier molecular flexibility index (Phi) is 5.58. The summed E-state index contributed by atoms with van der Waals surface area (Å²) in [5, 5.41) is 3.83. The topological polar surface area (TPSA) is 50.8 Å². The van der Waals surface area contributed by atoms with Crippen LogP contribution in [0, 0.1) is 17.2 Å². The molecule has 1 saturated heterocycles. The number of nitrogens with one attached hydrogen (secondary N) is 1. The van der Waals surface area contributed by atoms with E-state index in [9.17, 15) is 9.18 Å². The molecule has 0 aromatic heterocycles. The lowest BCUT2D eigenvalue weighted by molar-refractivity contribution is -0.144. The molecule has 30 heavy (non-hydrogen) atoms. The molecular weight excluding hydrogens is 383 g/mol. The van der Waals surface area contributed by atoms with Crippen molar-refractivity contribution in [2.75, 3.05) is 26.9 Å². The summed E-state index contributed by atoms with van der Waals surface area (Å²) in [5.41, 5.74) is 1.91. The van der Waals surface area contributed by atoms with Crippen LogP contribution in [0.15, 0.2) is 18.2 Å². The zero-order chi connectivity index (χ0) is 20.7. The van der Waals surface area contributed by atoms with Crippen molar-refractivity contribution in [2.45, 2.75) is 69.7 Å². The first-order valence-electron chi connectivity index (χ1n) is 11.5. The molecule has 5 nitrogen and oxygen atoms in total. The molecule has 5 atom stereocenters. The third-order valence-corrected chi connectivity index (χ3v) is 8.09. The van der Waals surface area contributed by atoms with Crippen molar-refractivity contribution in [3.63, 3.8) is 0 Å². The van der Waals surface area contributed by atoms with Crippen molar-refractivity contribution in [2.24, 2.45) is 11.3 Å². The highest BCUT2D eigenvalue weighted by Crippen LogP contribution is 2.55. The average molecular weight is 417 g/mol. The molecule has 2 saturated carbocycles. The highest BCUT2D eigenvalue weighted by atomic mass is 19.1. The molecule has 1 aromatic rings. The molecule has 6 heteroatoms. The van der Waals surface area contributed by atoms with Gasteiger partial charge in [0.25, 0.3) is 0 Å². The SMILES string of the molecule is COC1COCCC1N[C@@H]1C[C@H]2CCC[C@@]2(C(=O)N2CCc3ccc(F)cc3C2)C1. The van der Waals surface area contributed by atoms with E-state index in [1.807, 2.05) is 11.0 Å². The first kappa shape index (κ1) is 20.4. The predicted molar refractivity (Wildman–Crippen MR) is 111 cm³/mol. The van der Waals surface area contributed by atoms with Crippen LogP contribution in [0.3, 0.4) is 0 Å². The van der Waals surface area contributed by atoms with E-state index < -0.39 is 0 Å². The van der Waals surface area contributed by atoms with Crippen LogP contribution >= 0.6 is 0 Å². The number of rotatable bonds is 4. The summed E-state index contributed by atoms with van der Waals surface area (Å²) in [7, 11) is 1.75. The fourth-order valence-corrected chi connectivity index (χ4v) is 6.57. The van der Waals surface area contributed by atoms with Crippen LogP contribution in [0.4, 0.5) is 4.39 Å². The fraction of sp³-hybridized carbons (Fsp3) is 0.708. The van der Waals surface area contributed by atoms with E-state index in [-0.39, 0.29) is 17.3 Å². The Hall–Kier alpha value is -1.50. The molecule has 1 aromatic carbocycles. The summed E-state index contributed by atoms with van der Waals surface area (Å²) in [6, 6.07) is 5.66. The van der Waals surface area contributed by atoms with Gasteiger partial charge >= 0.3 is 0 Å². The Labute approximate surface area is 178 Å². The highest BCUT2D eigenvalue weighted by Gasteiger charge is 2.56. The minimum Gasteiger partial charge on any atom is -0.379 e. The van der Waals surface area contributed by atoms with Gasteiger partial charge in [0.1, 0.15) is 5.82 Å². The van der Waals surface area contributed by atoms with Gasteiger partial charge < -0.3 is 19.7 Å². The molecule has 2 aliphatic carbocycles. The van der Waals surface area contributed by atoms with Crippen molar-refractivity contribution in [1.29, 1.82) is 0 Å². The molecule has 4 aliphatic rings. The summed E-state index contributed by atoms with van der Waals surface area (Å²) in [6.07, 6.45) is 7.11. The average Bonchev–Trinajstić information content (AvgIpc) is 3.31. The number of hydrogen-bond acceptors (Lipinski definition) is 4. The molecular formula is C24H33FN2O3. The van der Waals surface area contributed by atoms with Crippen LogP contribution in [0.2, 0.25) is 0 Å². The summed E-state index contributed by atoms with van der Waals surface area (Å²) >= 11 is 0. The van der Waals surface area contributed by atoms with Crippen molar-refractivity contribution in [3.05, 3.63) is 35.1 Å². The monoisotopic (exact) mass is 416 g/mol. The van der Waals surface area contributed by atoms with Gasteiger partial charge in [0.15, 0.2) is 0 Å². The maximum atomic E-state index is 13.8. The Balaban J connectivity index is 1.30. The Bertz CT molecular complexity index is 803. The number of halogens is 1. The third-order valence-electron chi connectivity index (χ3n) is 8.09. The van der Waals surface area contributed by atoms with Gasteiger partial charge in [0.05, 0.1) is 18.1 Å². The van der Waals surface area contributed by atoms with Gasteiger partial charge in [-0.25, -0.2) is 4.39 Å². The van der Waals surface area contributed by atoms with Gasteiger partial charge in [-0.2, -0.15) is 0 Å². The quantitative estimate of drug-likeness (QED) is 0.820.